The molecular formula is C19H25FN2O3. The van der Waals surface area contributed by atoms with Gasteiger partial charge >= 0.3 is 0 Å². The molecule has 1 aliphatic carbocycles. The number of aryl methyl sites for hydroxylation is 1. The van der Waals surface area contributed by atoms with Crippen molar-refractivity contribution in [3.63, 3.8) is 0 Å². The third kappa shape index (κ3) is 4.18. The summed E-state index contributed by atoms with van der Waals surface area (Å²) < 4.78 is 14.4. The fourth-order valence-corrected chi connectivity index (χ4v) is 3.92. The minimum atomic E-state index is -0.634. The summed E-state index contributed by atoms with van der Waals surface area (Å²) in [5, 5.41) is 14.9. The first kappa shape index (κ1) is 17.9. The minimum absolute atomic E-state index is 0.000147. The summed E-state index contributed by atoms with van der Waals surface area (Å²) >= 11 is 0. The first-order valence-electron chi connectivity index (χ1n) is 9.12. The fraction of sp³-hybridized carbons (Fsp3) is 0.579. The van der Waals surface area contributed by atoms with Crippen LogP contribution in [0.4, 0.5) is 10.1 Å². The molecule has 0 saturated heterocycles. The number of amides is 2. The van der Waals surface area contributed by atoms with Crippen LogP contribution in [0.25, 0.3) is 0 Å². The number of anilines is 1. The molecule has 0 radical (unpaired) electrons. The van der Waals surface area contributed by atoms with Gasteiger partial charge < -0.3 is 15.7 Å². The second-order valence-electron chi connectivity index (χ2n) is 7.03. The van der Waals surface area contributed by atoms with Crippen molar-refractivity contribution in [2.45, 2.75) is 57.4 Å². The van der Waals surface area contributed by atoms with Gasteiger partial charge in [-0.1, -0.05) is 19.3 Å². The zero-order valence-electron chi connectivity index (χ0n) is 14.3. The molecule has 1 saturated carbocycles. The lowest BCUT2D eigenvalue weighted by atomic mass is 9.82. The lowest BCUT2D eigenvalue weighted by Crippen LogP contribution is -2.42. The van der Waals surface area contributed by atoms with Gasteiger partial charge in [-0.25, -0.2) is 4.39 Å². The number of benzene rings is 1. The van der Waals surface area contributed by atoms with Crippen LogP contribution in [0.2, 0.25) is 0 Å². The Labute approximate surface area is 147 Å². The van der Waals surface area contributed by atoms with Gasteiger partial charge in [-0.2, -0.15) is 0 Å². The van der Waals surface area contributed by atoms with Crippen LogP contribution < -0.4 is 10.6 Å². The lowest BCUT2D eigenvalue weighted by Gasteiger charge is -2.30. The Morgan fingerprint density at radius 1 is 1.28 bits per heavy atom. The summed E-state index contributed by atoms with van der Waals surface area (Å²) in [5.74, 6) is -0.875. The molecule has 0 spiro atoms. The van der Waals surface area contributed by atoms with Crippen molar-refractivity contribution in [1.82, 2.24) is 5.32 Å². The van der Waals surface area contributed by atoms with E-state index >= 15 is 0 Å². The van der Waals surface area contributed by atoms with Crippen LogP contribution in [0.5, 0.6) is 0 Å². The molecule has 136 valence electrons. The van der Waals surface area contributed by atoms with Gasteiger partial charge in [0, 0.05) is 24.8 Å². The molecule has 1 aromatic rings. The van der Waals surface area contributed by atoms with E-state index in [2.05, 4.69) is 10.6 Å². The lowest BCUT2D eigenvalue weighted by molar-refractivity contribution is -0.116. The van der Waals surface area contributed by atoms with E-state index in [1.807, 2.05) is 0 Å². The molecule has 5 nitrogen and oxygen atoms in total. The number of hydrogen-bond acceptors (Lipinski definition) is 3. The Morgan fingerprint density at radius 3 is 2.76 bits per heavy atom. The van der Waals surface area contributed by atoms with E-state index in [1.165, 1.54) is 18.6 Å². The van der Waals surface area contributed by atoms with Crippen LogP contribution in [-0.2, 0) is 11.2 Å². The van der Waals surface area contributed by atoms with Crippen LogP contribution in [0.3, 0.4) is 0 Å². The highest BCUT2D eigenvalue weighted by atomic mass is 19.1. The maximum Gasteiger partial charge on any atom is 0.254 e. The van der Waals surface area contributed by atoms with E-state index < -0.39 is 11.7 Å². The van der Waals surface area contributed by atoms with Crippen LogP contribution in [0.15, 0.2) is 12.1 Å². The third-order valence-electron chi connectivity index (χ3n) is 5.31. The summed E-state index contributed by atoms with van der Waals surface area (Å²) in [6, 6.07) is 2.63. The Bertz CT molecular complexity index is 656. The van der Waals surface area contributed by atoms with Crippen molar-refractivity contribution in [3.8, 4) is 0 Å². The van der Waals surface area contributed by atoms with Gasteiger partial charge in [-0.3, -0.25) is 9.59 Å². The molecule has 3 N–H and O–H groups in total. The summed E-state index contributed by atoms with van der Waals surface area (Å²) in [5.41, 5.74) is 1.24. The van der Waals surface area contributed by atoms with E-state index in [0.717, 1.165) is 31.2 Å². The standard InChI is InChI=1S/C19H25FN2O3/c20-15-11-17-13(6-7-18(24)21-17)10-14(15)19(25)22-16(8-9-23)12-4-2-1-3-5-12/h10-12,16,23H,1-9H2,(H,21,24)(H,22,25). The maximum absolute atomic E-state index is 14.4. The smallest absolute Gasteiger partial charge is 0.254 e. The Morgan fingerprint density at radius 2 is 2.04 bits per heavy atom. The highest BCUT2D eigenvalue weighted by Crippen LogP contribution is 2.29. The number of nitrogens with one attached hydrogen (secondary N) is 2. The van der Waals surface area contributed by atoms with E-state index in [-0.39, 0.29) is 24.1 Å². The predicted octanol–water partition coefficient (Wildman–Crippen LogP) is 2.77. The number of aliphatic hydroxyl groups is 1. The quantitative estimate of drug-likeness (QED) is 0.766. The van der Waals surface area contributed by atoms with Gasteiger partial charge in [-0.15, -0.1) is 0 Å². The SMILES string of the molecule is O=C1CCc2cc(C(=O)NC(CCO)C3CCCCC3)c(F)cc2N1. The molecule has 0 bridgehead atoms. The molecule has 25 heavy (non-hydrogen) atoms. The average molecular weight is 348 g/mol. The molecule has 1 fully saturated rings. The van der Waals surface area contributed by atoms with Gasteiger partial charge in [0.25, 0.3) is 5.91 Å². The first-order chi connectivity index (χ1) is 12.1. The Kier molecular flexibility index (Phi) is 5.68. The Hall–Kier alpha value is -1.95. The number of fused-ring (bicyclic) bond motifs is 1. The minimum Gasteiger partial charge on any atom is -0.396 e. The van der Waals surface area contributed by atoms with E-state index in [9.17, 15) is 19.1 Å². The van der Waals surface area contributed by atoms with Crippen LogP contribution in [0.1, 0.15) is 60.9 Å². The molecule has 1 aliphatic heterocycles. The largest absolute Gasteiger partial charge is 0.396 e. The number of carbonyl (C=O) groups excluding carboxylic acids is 2. The van der Waals surface area contributed by atoms with Crippen molar-refractivity contribution in [2.75, 3.05) is 11.9 Å². The Balaban J connectivity index is 1.76. The van der Waals surface area contributed by atoms with E-state index in [1.54, 1.807) is 0 Å². The number of carbonyl (C=O) groups is 2. The van der Waals surface area contributed by atoms with Gasteiger partial charge in [0.05, 0.1) is 5.56 Å². The van der Waals surface area contributed by atoms with Gasteiger partial charge in [0.1, 0.15) is 5.82 Å². The summed E-state index contributed by atoms with van der Waals surface area (Å²) in [4.78, 5) is 24.0. The van der Waals surface area contributed by atoms with Crippen LogP contribution in [-0.4, -0.2) is 29.6 Å². The third-order valence-corrected chi connectivity index (χ3v) is 5.31. The normalized spacial score (nSPS) is 19.0. The predicted molar refractivity (Wildman–Crippen MR) is 92.9 cm³/mol. The van der Waals surface area contributed by atoms with Crippen molar-refractivity contribution in [3.05, 3.63) is 29.1 Å². The molecule has 1 heterocycles. The van der Waals surface area contributed by atoms with E-state index in [4.69, 9.17) is 0 Å². The summed E-state index contributed by atoms with van der Waals surface area (Å²) in [7, 11) is 0. The number of rotatable bonds is 5. The maximum atomic E-state index is 14.4. The number of aliphatic hydroxyl groups excluding tert-OH is 1. The van der Waals surface area contributed by atoms with E-state index in [0.29, 0.717) is 30.9 Å². The molecule has 2 aliphatic rings. The summed E-state index contributed by atoms with van der Waals surface area (Å²) in [6.07, 6.45) is 6.87. The topological polar surface area (TPSA) is 78.4 Å². The fourth-order valence-electron chi connectivity index (χ4n) is 3.92. The second-order valence-corrected chi connectivity index (χ2v) is 7.03. The zero-order chi connectivity index (χ0) is 17.8. The number of hydrogen-bond donors (Lipinski definition) is 3. The highest BCUT2D eigenvalue weighted by Gasteiger charge is 2.27. The van der Waals surface area contributed by atoms with Crippen molar-refractivity contribution < 1.29 is 19.1 Å². The summed E-state index contributed by atoms with van der Waals surface area (Å²) in [6.45, 7) is 0.000147. The average Bonchev–Trinajstić information content (AvgIpc) is 2.61. The molecule has 1 unspecified atom stereocenters. The monoisotopic (exact) mass is 348 g/mol. The molecule has 1 atom stereocenters. The molecule has 0 aromatic heterocycles. The van der Waals surface area contributed by atoms with Gasteiger partial charge in [0.2, 0.25) is 5.91 Å². The number of halogens is 1. The van der Waals surface area contributed by atoms with Crippen LogP contribution in [0, 0.1) is 11.7 Å². The highest BCUT2D eigenvalue weighted by molar-refractivity contribution is 5.98. The molecule has 2 amide bonds. The van der Waals surface area contributed by atoms with Crippen molar-refractivity contribution >= 4 is 17.5 Å². The zero-order valence-corrected chi connectivity index (χ0v) is 14.3. The molecular weight excluding hydrogens is 323 g/mol. The van der Waals surface area contributed by atoms with Crippen molar-refractivity contribution in [2.24, 2.45) is 5.92 Å². The molecule has 1 aromatic carbocycles. The van der Waals surface area contributed by atoms with Gasteiger partial charge in [0.15, 0.2) is 0 Å². The molecule has 6 heteroatoms. The first-order valence-corrected chi connectivity index (χ1v) is 9.12. The van der Waals surface area contributed by atoms with Crippen molar-refractivity contribution in [1.29, 1.82) is 0 Å². The second kappa shape index (κ2) is 7.95. The molecule has 3 rings (SSSR count). The van der Waals surface area contributed by atoms with Crippen LogP contribution >= 0.6 is 0 Å². The van der Waals surface area contributed by atoms with Gasteiger partial charge in [-0.05, 0) is 49.3 Å².